The van der Waals surface area contributed by atoms with E-state index in [2.05, 4.69) is 15.4 Å². The number of benzene rings is 2. The molecule has 0 aliphatic carbocycles. The maximum Gasteiger partial charge on any atom is 0.407 e. The highest BCUT2D eigenvalue weighted by atomic mass is 16.6. The van der Waals surface area contributed by atoms with Crippen molar-refractivity contribution in [1.82, 2.24) is 20.1 Å². The molecule has 9 nitrogen and oxygen atoms in total. The van der Waals surface area contributed by atoms with Crippen LogP contribution in [0.5, 0.6) is 11.6 Å². The predicted molar refractivity (Wildman–Crippen MR) is 127 cm³/mol. The maximum absolute atomic E-state index is 12.0. The Labute approximate surface area is 197 Å². The van der Waals surface area contributed by atoms with Crippen LogP contribution in [0.3, 0.4) is 0 Å². The van der Waals surface area contributed by atoms with Crippen molar-refractivity contribution < 1.29 is 23.8 Å². The number of alkyl carbamates (subject to hydrolysis) is 1. The second-order valence-electron chi connectivity index (χ2n) is 9.04. The van der Waals surface area contributed by atoms with E-state index >= 15 is 0 Å². The van der Waals surface area contributed by atoms with Crippen LogP contribution in [0.25, 0.3) is 22.7 Å². The number of rotatable bonds is 7. The molecule has 0 saturated heterocycles. The van der Waals surface area contributed by atoms with Gasteiger partial charge in [0.25, 0.3) is 0 Å². The molecule has 0 aliphatic heterocycles. The fraction of sp³-hybridized carbons (Fsp3) is 0.320. The van der Waals surface area contributed by atoms with Gasteiger partial charge in [0.15, 0.2) is 5.58 Å². The number of hydrogen-bond donors (Lipinski definition) is 2. The summed E-state index contributed by atoms with van der Waals surface area (Å²) in [6.45, 7) is 7.92. The molecule has 1 amide bonds. The van der Waals surface area contributed by atoms with E-state index in [0.717, 1.165) is 5.56 Å². The number of nitrogens with one attached hydrogen (secondary N) is 1. The summed E-state index contributed by atoms with van der Waals surface area (Å²) in [5.41, 5.74) is 2.19. The third kappa shape index (κ3) is 5.86. The molecule has 1 atom stereocenters. The van der Waals surface area contributed by atoms with E-state index in [4.69, 9.17) is 13.9 Å². The van der Waals surface area contributed by atoms with Crippen LogP contribution in [0, 0.1) is 0 Å². The minimum absolute atomic E-state index is 0.100. The van der Waals surface area contributed by atoms with E-state index < -0.39 is 11.7 Å². The SMILES string of the molecule is C[C@@H](COc1cc(-c2nc3ccc(O)cc3o2)n(Cc2ccccc2)n1)NC(=O)OC(C)(C)C. The summed E-state index contributed by atoms with van der Waals surface area (Å²) >= 11 is 0. The number of ether oxygens (including phenoxy) is 2. The lowest BCUT2D eigenvalue weighted by molar-refractivity contribution is 0.0493. The van der Waals surface area contributed by atoms with Crippen molar-refractivity contribution in [2.24, 2.45) is 0 Å². The first-order valence-corrected chi connectivity index (χ1v) is 11.0. The molecule has 4 aromatic rings. The van der Waals surface area contributed by atoms with Crippen molar-refractivity contribution in [2.45, 2.75) is 45.9 Å². The first-order valence-electron chi connectivity index (χ1n) is 11.0. The highest BCUT2D eigenvalue weighted by Gasteiger charge is 2.20. The molecule has 0 spiro atoms. The molecule has 0 fully saturated rings. The Morgan fingerprint density at radius 3 is 2.68 bits per heavy atom. The Bertz CT molecular complexity index is 1270. The Hall–Kier alpha value is -4.01. The number of hydrogen-bond acceptors (Lipinski definition) is 7. The standard InChI is InChI=1S/C25H28N4O5/c1-16(26-24(31)34-25(2,3)4)15-32-22-13-20(29(28-22)14-17-8-6-5-7-9-17)23-27-19-11-10-18(30)12-21(19)33-23/h5-13,16,30H,14-15H2,1-4H3,(H,26,31)/t16-/m0/s1. The third-order valence-electron chi connectivity index (χ3n) is 4.77. The molecule has 0 bridgehead atoms. The van der Waals surface area contributed by atoms with E-state index in [9.17, 15) is 9.90 Å². The number of aromatic hydroxyl groups is 1. The highest BCUT2D eigenvalue weighted by molar-refractivity contribution is 5.77. The molecule has 2 aromatic heterocycles. The van der Waals surface area contributed by atoms with E-state index in [1.54, 1.807) is 22.9 Å². The van der Waals surface area contributed by atoms with Crippen LogP contribution >= 0.6 is 0 Å². The summed E-state index contributed by atoms with van der Waals surface area (Å²) in [7, 11) is 0. The van der Waals surface area contributed by atoms with Crippen molar-refractivity contribution in [1.29, 1.82) is 0 Å². The fourth-order valence-corrected chi connectivity index (χ4v) is 3.30. The molecule has 0 aliphatic rings. The van der Waals surface area contributed by atoms with Crippen LogP contribution in [-0.4, -0.2) is 44.2 Å². The van der Waals surface area contributed by atoms with Gasteiger partial charge in [0.05, 0.1) is 12.6 Å². The van der Waals surface area contributed by atoms with Gasteiger partial charge in [-0.05, 0) is 45.4 Å². The zero-order chi connectivity index (χ0) is 24.3. The average molecular weight is 465 g/mol. The number of fused-ring (bicyclic) bond motifs is 1. The number of amides is 1. The lowest BCUT2D eigenvalue weighted by atomic mass is 10.2. The number of nitrogens with zero attached hydrogens (tertiary/aromatic N) is 3. The Balaban J connectivity index is 1.54. The number of phenols is 1. The Kier molecular flexibility index (Phi) is 6.45. The molecular formula is C25H28N4O5. The second kappa shape index (κ2) is 9.46. The first-order chi connectivity index (χ1) is 16.2. The van der Waals surface area contributed by atoms with Crippen LogP contribution in [-0.2, 0) is 11.3 Å². The van der Waals surface area contributed by atoms with Crippen LogP contribution in [0.15, 0.2) is 59.0 Å². The summed E-state index contributed by atoms with van der Waals surface area (Å²) in [6, 6.07) is 16.1. The summed E-state index contributed by atoms with van der Waals surface area (Å²) in [5, 5.41) is 17.1. The molecule has 2 N–H and O–H groups in total. The van der Waals surface area contributed by atoms with E-state index in [0.29, 0.717) is 35.1 Å². The van der Waals surface area contributed by atoms with E-state index in [1.165, 1.54) is 6.07 Å². The zero-order valence-corrected chi connectivity index (χ0v) is 19.6. The highest BCUT2D eigenvalue weighted by Crippen LogP contribution is 2.29. The molecule has 0 unspecified atom stereocenters. The van der Waals surface area contributed by atoms with Gasteiger partial charge in [-0.3, -0.25) is 4.68 Å². The lowest BCUT2D eigenvalue weighted by Gasteiger charge is -2.21. The predicted octanol–water partition coefficient (Wildman–Crippen LogP) is 4.74. The van der Waals surface area contributed by atoms with Gasteiger partial charge in [0.1, 0.15) is 29.2 Å². The normalized spacial score (nSPS) is 12.5. The topological polar surface area (TPSA) is 112 Å². The Morgan fingerprint density at radius 1 is 1.18 bits per heavy atom. The van der Waals surface area contributed by atoms with Gasteiger partial charge in [-0.2, -0.15) is 0 Å². The van der Waals surface area contributed by atoms with Crippen LogP contribution in [0.2, 0.25) is 0 Å². The summed E-state index contributed by atoms with van der Waals surface area (Å²) in [4.78, 5) is 16.5. The van der Waals surface area contributed by atoms with Crippen molar-refractivity contribution in [3.8, 4) is 23.2 Å². The van der Waals surface area contributed by atoms with Crippen LogP contribution < -0.4 is 10.1 Å². The molecule has 9 heteroatoms. The van der Waals surface area contributed by atoms with Gasteiger partial charge < -0.3 is 24.3 Å². The smallest absolute Gasteiger partial charge is 0.407 e. The molecule has 178 valence electrons. The van der Waals surface area contributed by atoms with Gasteiger partial charge >= 0.3 is 6.09 Å². The minimum atomic E-state index is -0.577. The molecule has 4 rings (SSSR count). The molecular weight excluding hydrogens is 436 g/mol. The quantitative estimate of drug-likeness (QED) is 0.406. The van der Waals surface area contributed by atoms with Crippen LogP contribution in [0.4, 0.5) is 4.79 Å². The molecule has 0 saturated carbocycles. The van der Waals surface area contributed by atoms with Gasteiger partial charge in [-0.25, -0.2) is 9.78 Å². The fourth-order valence-electron chi connectivity index (χ4n) is 3.30. The lowest BCUT2D eigenvalue weighted by Crippen LogP contribution is -2.40. The van der Waals surface area contributed by atoms with Crippen molar-refractivity contribution >= 4 is 17.2 Å². The number of aromatic nitrogens is 3. The largest absolute Gasteiger partial charge is 0.508 e. The van der Waals surface area contributed by atoms with Crippen molar-refractivity contribution in [3.63, 3.8) is 0 Å². The first kappa shape index (κ1) is 23.2. The zero-order valence-electron chi connectivity index (χ0n) is 19.6. The van der Waals surface area contributed by atoms with Gasteiger partial charge in [0.2, 0.25) is 11.8 Å². The summed E-state index contributed by atoms with van der Waals surface area (Å²) in [5.74, 6) is 0.830. The molecule has 0 radical (unpaired) electrons. The van der Waals surface area contributed by atoms with E-state index in [-0.39, 0.29) is 18.4 Å². The van der Waals surface area contributed by atoms with Crippen LogP contribution in [0.1, 0.15) is 33.3 Å². The minimum Gasteiger partial charge on any atom is -0.508 e. The number of oxazole rings is 1. The van der Waals surface area contributed by atoms with E-state index in [1.807, 2.05) is 58.0 Å². The average Bonchev–Trinajstić information content (AvgIpc) is 3.35. The molecule has 34 heavy (non-hydrogen) atoms. The van der Waals surface area contributed by atoms with Crippen molar-refractivity contribution in [3.05, 3.63) is 60.2 Å². The summed E-state index contributed by atoms with van der Waals surface area (Å²) in [6.07, 6.45) is -0.506. The van der Waals surface area contributed by atoms with Gasteiger partial charge in [-0.1, -0.05) is 30.3 Å². The van der Waals surface area contributed by atoms with Gasteiger partial charge in [0, 0.05) is 12.1 Å². The van der Waals surface area contributed by atoms with Crippen molar-refractivity contribution in [2.75, 3.05) is 6.61 Å². The third-order valence-corrected chi connectivity index (χ3v) is 4.77. The number of phenolic OH excluding ortho intramolecular Hbond substituents is 1. The second-order valence-corrected chi connectivity index (χ2v) is 9.04. The monoisotopic (exact) mass is 464 g/mol. The maximum atomic E-state index is 12.0. The summed E-state index contributed by atoms with van der Waals surface area (Å²) < 4.78 is 18.8. The molecule has 2 aromatic carbocycles. The Morgan fingerprint density at radius 2 is 1.94 bits per heavy atom. The molecule has 2 heterocycles. The number of carbonyl (C=O) groups is 1. The van der Waals surface area contributed by atoms with Gasteiger partial charge in [-0.15, -0.1) is 5.10 Å². The number of carbonyl (C=O) groups excluding carboxylic acids is 1.